The number of nitrogens with zero attached hydrogens (tertiary/aromatic N) is 1. The summed E-state index contributed by atoms with van der Waals surface area (Å²) in [5, 5.41) is 38.6. The van der Waals surface area contributed by atoms with Gasteiger partial charge in [-0.15, -0.1) is 0 Å². The second kappa shape index (κ2) is 14.5. The van der Waals surface area contributed by atoms with Crippen LogP contribution in [0.15, 0.2) is 63.9 Å². The summed E-state index contributed by atoms with van der Waals surface area (Å²) in [7, 11) is 1.48. The third kappa shape index (κ3) is 7.53. The van der Waals surface area contributed by atoms with Crippen molar-refractivity contribution in [3.63, 3.8) is 0 Å². The van der Waals surface area contributed by atoms with E-state index >= 15 is 0 Å². The van der Waals surface area contributed by atoms with Crippen LogP contribution < -0.4 is 0 Å². The molecule has 0 amide bonds. The highest BCUT2D eigenvalue weighted by molar-refractivity contribution is 5.80. The largest absolute Gasteiger partial charge is 0.462 e. The van der Waals surface area contributed by atoms with Gasteiger partial charge in [-0.2, -0.15) is 0 Å². The van der Waals surface area contributed by atoms with Gasteiger partial charge in [-0.05, 0) is 55.2 Å². The van der Waals surface area contributed by atoms with Crippen LogP contribution in [0.4, 0.5) is 0 Å². The molecule has 2 bridgehead atoms. The summed E-state index contributed by atoms with van der Waals surface area (Å²) in [5.74, 6) is -2.79. The molecule has 1 spiro atoms. The Kier molecular flexibility index (Phi) is 11.0. The monoisotopic (exact) mass is 655 g/mol. The first-order chi connectivity index (χ1) is 22.3. The summed E-state index contributed by atoms with van der Waals surface area (Å²) in [6, 6.07) is 0. The zero-order valence-electron chi connectivity index (χ0n) is 28.8. The highest BCUT2D eigenvalue weighted by Gasteiger charge is 2.60. The molecule has 11 atom stereocenters. The van der Waals surface area contributed by atoms with Crippen LogP contribution >= 0.6 is 0 Å². The van der Waals surface area contributed by atoms with E-state index in [1.54, 1.807) is 25.3 Å². The average molecular weight is 656 g/mol. The van der Waals surface area contributed by atoms with Crippen LogP contribution in [0.5, 0.6) is 0 Å². The molecule has 1 aliphatic carbocycles. The maximum Gasteiger partial charge on any atom is 0.316 e. The summed E-state index contributed by atoms with van der Waals surface area (Å²) in [5.41, 5.74) is 1.27. The van der Waals surface area contributed by atoms with Gasteiger partial charge in [0.1, 0.15) is 36.9 Å². The molecular weight excluding hydrogens is 602 g/mol. The maximum atomic E-state index is 14.1. The Morgan fingerprint density at radius 3 is 2.64 bits per heavy atom. The highest BCUT2D eigenvalue weighted by Crippen LogP contribution is 2.47. The molecule has 10 heteroatoms. The van der Waals surface area contributed by atoms with Crippen LogP contribution in [0.25, 0.3) is 0 Å². The number of carbonyl (C=O) groups is 1. The molecule has 5 aliphatic rings. The minimum Gasteiger partial charge on any atom is -0.462 e. The number of hydrogen-bond donors (Lipinski definition) is 3. The van der Waals surface area contributed by atoms with Gasteiger partial charge in [-0.25, -0.2) is 0 Å². The van der Waals surface area contributed by atoms with Crippen molar-refractivity contribution in [3.05, 3.63) is 58.7 Å². The molecule has 0 aromatic heterocycles. The fourth-order valence-corrected chi connectivity index (χ4v) is 7.80. The Bertz CT molecular complexity index is 1350. The van der Waals surface area contributed by atoms with E-state index in [2.05, 4.69) is 45.0 Å². The molecule has 4 heterocycles. The number of hydrogen-bond acceptors (Lipinski definition) is 10. The van der Waals surface area contributed by atoms with E-state index in [4.69, 9.17) is 23.8 Å². The molecule has 3 N–H and O–H groups in total. The standard InChI is InChI=1S/C37H53NO9/c1-21(2)13-26(19-38-43-7)33-25(6)31(39)18-36(47-33)17-29-16-28(46-36)12-11-23(4)14-22(3)9-8-10-27-20-44-34-32(40)24(5)15-30(35(41)45-29)37(27,34)42/h8-11,13,15,19,21-22,25,28-34,39-40,42H,12,14,16-18,20H2,1-7H3/t22?,25-,28+,29-,30?,31?,32+,33-,34?,36-,37?/m0/s1. The van der Waals surface area contributed by atoms with Gasteiger partial charge < -0.3 is 39.1 Å². The number of fused-ring (bicyclic) bond motifs is 2. The topological polar surface area (TPSA) is 136 Å². The van der Waals surface area contributed by atoms with E-state index in [9.17, 15) is 20.1 Å². The molecule has 0 saturated carbocycles. The summed E-state index contributed by atoms with van der Waals surface area (Å²) >= 11 is 0. The van der Waals surface area contributed by atoms with Crippen LogP contribution in [0.3, 0.4) is 0 Å². The van der Waals surface area contributed by atoms with E-state index in [0.29, 0.717) is 24.0 Å². The predicted octanol–water partition coefficient (Wildman–Crippen LogP) is 4.70. The Morgan fingerprint density at radius 2 is 1.91 bits per heavy atom. The number of aliphatic hydroxyl groups is 3. The number of oxime groups is 1. The van der Waals surface area contributed by atoms with Gasteiger partial charge in [0, 0.05) is 25.2 Å². The third-order valence-corrected chi connectivity index (χ3v) is 10.2. The first kappa shape index (κ1) is 35.7. The predicted molar refractivity (Wildman–Crippen MR) is 177 cm³/mol. The van der Waals surface area contributed by atoms with Gasteiger partial charge in [0.25, 0.3) is 0 Å². The normalized spacial score (nSPS) is 41.8. The van der Waals surface area contributed by atoms with E-state index < -0.39 is 53.8 Å². The van der Waals surface area contributed by atoms with Crippen LogP contribution in [-0.2, 0) is 28.6 Å². The van der Waals surface area contributed by atoms with Crippen molar-refractivity contribution < 1.29 is 43.9 Å². The van der Waals surface area contributed by atoms with Crippen molar-refractivity contribution in [2.45, 2.75) is 122 Å². The lowest BCUT2D eigenvalue weighted by Crippen LogP contribution is -2.59. The molecule has 3 saturated heterocycles. The average Bonchev–Trinajstić information content (AvgIpc) is 3.34. The molecule has 0 aromatic carbocycles. The van der Waals surface area contributed by atoms with Crippen LogP contribution in [-0.4, -0.2) is 89.2 Å². The Balaban J connectivity index is 1.53. The van der Waals surface area contributed by atoms with E-state index in [0.717, 1.165) is 12.0 Å². The molecule has 5 unspecified atom stereocenters. The highest BCUT2D eigenvalue weighted by atomic mass is 16.7. The van der Waals surface area contributed by atoms with Crippen molar-refractivity contribution in [3.8, 4) is 0 Å². The van der Waals surface area contributed by atoms with Crippen LogP contribution in [0.2, 0.25) is 0 Å². The molecule has 3 fully saturated rings. The molecule has 10 nitrogen and oxygen atoms in total. The lowest BCUT2D eigenvalue weighted by atomic mass is 9.71. The first-order valence-corrected chi connectivity index (χ1v) is 17.0. The van der Waals surface area contributed by atoms with Crippen molar-refractivity contribution in [2.75, 3.05) is 13.7 Å². The summed E-state index contributed by atoms with van der Waals surface area (Å²) in [6.45, 7) is 12.1. The number of ether oxygens (including phenoxy) is 4. The van der Waals surface area contributed by atoms with Crippen LogP contribution in [0, 0.1) is 23.7 Å². The second-order valence-electron chi connectivity index (χ2n) is 14.6. The van der Waals surface area contributed by atoms with E-state index in [-0.39, 0.29) is 43.3 Å². The van der Waals surface area contributed by atoms with Gasteiger partial charge in [0.15, 0.2) is 5.79 Å². The quantitative estimate of drug-likeness (QED) is 0.170. The van der Waals surface area contributed by atoms with Crippen LogP contribution in [0.1, 0.15) is 73.6 Å². The van der Waals surface area contributed by atoms with Crippen molar-refractivity contribution >= 4 is 12.2 Å². The van der Waals surface area contributed by atoms with Crippen molar-refractivity contribution in [1.29, 1.82) is 0 Å². The zero-order chi connectivity index (χ0) is 34.1. The molecule has 0 radical (unpaired) electrons. The minimum absolute atomic E-state index is 0.0904. The zero-order valence-corrected chi connectivity index (χ0v) is 28.8. The van der Waals surface area contributed by atoms with Crippen molar-refractivity contribution in [1.82, 2.24) is 0 Å². The lowest BCUT2D eigenvalue weighted by molar-refractivity contribution is -0.342. The number of esters is 1. The molecular formula is C37H53NO9. The fraction of sp³-hybridized carbons (Fsp3) is 0.676. The number of carbonyl (C=O) groups excluding carboxylic acids is 1. The third-order valence-electron chi connectivity index (χ3n) is 10.2. The second-order valence-corrected chi connectivity index (χ2v) is 14.6. The smallest absolute Gasteiger partial charge is 0.316 e. The maximum absolute atomic E-state index is 14.1. The first-order valence-electron chi connectivity index (χ1n) is 17.0. The number of aliphatic hydroxyl groups excluding tert-OH is 2. The van der Waals surface area contributed by atoms with Gasteiger partial charge in [0.2, 0.25) is 0 Å². The van der Waals surface area contributed by atoms with E-state index in [1.807, 2.05) is 19.1 Å². The summed E-state index contributed by atoms with van der Waals surface area (Å²) in [6.07, 6.45) is 11.1. The lowest BCUT2D eigenvalue weighted by Gasteiger charge is -2.51. The molecule has 4 aliphatic heterocycles. The van der Waals surface area contributed by atoms with Gasteiger partial charge in [-0.1, -0.05) is 74.9 Å². The van der Waals surface area contributed by atoms with Gasteiger partial charge in [0.05, 0.1) is 31.1 Å². The number of allylic oxidation sites excluding steroid dienone is 5. The minimum atomic E-state index is -1.77. The van der Waals surface area contributed by atoms with Gasteiger partial charge >= 0.3 is 5.97 Å². The SMILES string of the molecule is CON=CC(=CC(C)C)[C@H]1O[C@]2(CC(O)[C@@H]1C)C[C@@H]1C[C@@H](CC=C(C)CC(C)C=CC=C3COC4[C@H](O)C(C)=CC(C(=O)O1)C34O)O2. The number of rotatable bonds is 4. The Morgan fingerprint density at radius 1 is 1.15 bits per heavy atom. The van der Waals surface area contributed by atoms with Gasteiger partial charge in [-0.3, -0.25) is 4.79 Å². The fourth-order valence-electron chi connectivity index (χ4n) is 7.80. The van der Waals surface area contributed by atoms with Crippen molar-refractivity contribution in [2.24, 2.45) is 28.8 Å². The molecule has 0 aromatic rings. The summed E-state index contributed by atoms with van der Waals surface area (Å²) in [4.78, 5) is 19.1. The molecule has 260 valence electrons. The summed E-state index contributed by atoms with van der Waals surface area (Å²) < 4.78 is 25.8. The molecule has 5 rings (SSSR count). The Labute approximate surface area is 278 Å². The Hall–Kier alpha value is -2.60. The van der Waals surface area contributed by atoms with E-state index in [1.165, 1.54) is 12.7 Å². The molecule has 47 heavy (non-hydrogen) atoms.